The van der Waals surface area contributed by atoms with Crippen LogP contribution in [0.4, 0.5) is 0 Å². The molecule has 1 unspecified atom stereocenters. The first-order valence-corrected chi connectivity index (χ1v) is 10.6. The van der Waals surface area contributed by atoms with E-state index in [1.807, 2.05) is 24.0 Å². The Balaban J connectivity index is 1.81. The third-order valence-corrected chi connectivity index (χ3v) is 7.07. The molecular formula is C18H28N4O2S. The molecule has 0 radical (unpaired) electrons. The van der Waals surface area contributed by atoms with Crippen LogP contribution in [0.15, 0.2) is 29.2 Å². The van der Waals surface area contributed by atoms with Crippen molar-refractivity contribution in [2.24, 2.45) is 5.73 Å². The molecule has 2 aliphatic rings. The first kappa shape index (κ1) is 18.2. The van der Waals surface area contributed by atoms with Gasteiger partial charge in [-0.05, 0) is 50.4 Å². The highest BCUT2D eigenvalue weighted by Crippen LogP contribution is 2.31. The fourth-order valence-corrected chi connectivity index (χ4v) is 5.45. The van der Waals surface area contributed by atoms with Gasteiger partial charge in [0.2, 0.25) is 5.96 Å². The minimum absolute atomic E-state index is 0.0434. The van der Waals surface area contributed by atoms with Crippen molar-refractivity contribution < 1.29 is 8.42 Å². The summed E-state index contributed by atoms with van der Waals surface area (Å²) >= 11 is 0. The van der Waals surface area contributed by atoms with Crippen LogP contribution in [-0.4, -0.2) is 48.8 Å². The summed E-state index contributed by atoms with van der Waals surface area (Å²) in [5.74, 6) is 0.130. The Bertz CT molecular complexity index is 711. The van der Waals surface area contributed by atoms with Crippen LogP contribution in [0.2, 0.25) is 0 Å². The summed E-state index contributed by atoms with van der Waals surface area (Å²) in [4.78, 5) is 2.26. The summed E-state index contributed by atoms with van der Waals surface area (Å²) in [5.41, 5.74) is 6.57. The predicted molar refractivity (Wildman–Crippen MR) is 99.0 cm³/mol. The average Bonchev–Trinajstić information content (AvgIpc) is 2.92. The molecule has 7 heteroatoms. The van der Waals surface area contributed by atoms with E-state index in [1.165, 1.54) is 10.7 Å². The lowest BCUT2D eigenvalue weighted by Crippen LogP contribution is -2.44. The van der Waals surface area contributed by atoms with Crippen molar-refractivity contribution in [1.82, 2.24) is 9.21 Å². The third-order valence-electron chi connectivity index (χ3n) is 5.30. The maximum atomic E-state index is 13.0. The minimum Gasteiger partial charge on any atom is -0.335 e. The average molecular weight is 365 g/mol. The first-order chi connectivity index (χ1) is 11.9. The van der Waals surface area contributed by atoms with Crippen molar-refractivity contribution in [3.8, 4) is 0 Å². The second kappa shape index (κ2) is 7.33. The van der Waals surface area contributed by atoms with Gasteiger partial charge in [-0.3, -0.25) is 5.41 Å². The van der Waals surface area contributed by atoms with Gasteiger partial charge in [0.05, 0.1) is 11.4 Å². The second-order valence-electron chi connectivity index (χ2n) is 7.09. The molecule has 3 N–H and O–H groups in total. The number of benzene rings is 1. The highest BCUT2D eigenvalue weighted by molar-refractivity contribution is 7.89. The summed E-state index contributed by atoms with van der Waals surface area (Å²) in [6, 6.07) is 7.21. The van der Waals surface area contributed by atoms with E-state index in [-0.39, 0.29) is 16.9 Å². The number of rotatable bonds is 5. The van der Waals surface area contributed by atoms with E-state index in [2.05, 4.69) is 0 Å². The van der Waals surface area contributed by atoms with Crippen molar-refractivity contribution in [2.45, 2.75) is 62.4 Å². The standard InChI is InChI=1S/C18H28N4O2S/c1-14-13-21(18(20)22(14)16-5-3-2-4-6-16)25(23,24)17-9-7-15(8-10-17)11-12-19/h7-10,14,16,20H,2-6,11-13,19H2,1H3. The molecule has 0 bridgehead atoms. The highest BCUT2D eigenvalue weighted by atomic mass is 32.2. The van der Waals surface area contributed by atoms with Crippen molar-refractivity contribution in [1.29, 1.82) is 5.41 Å². The fraction of sp³-hybridized carbons (Fsp3) is 0.611. The van der Waals surface area contributed by atoms with Crippen molar-refractivity contribution >= 4 is 16.0 Å². The Morgan fingerprint density at radius 2 is 1.80 bits per heavy atom. The van der Waals surface area contributed by atoms with Crippen LogP contribution in [0.1, 0.15) is 44.6 Å². The van der Waals surface area contributed by atoms with Gasteiger partial charge in [-0.1, -0.05) is 31.4 Å². The molecular weight excluding hydrogens is 336 g/mol. The minimum atomic E-state index is -3.69. The molecule has 1 heterocycles. The van der Waals surface area contributed by atoms with E-state index in [0.717, 1.165) is 37.7 Å². The quantitative estimate of drug-likeness (QED) is 0.837. The summed E-state index contributed by atoms with van der Waals surface area (Å²) in [5, 5.41) is 8.50. The summed E-state index contributed by atoms with van der Waals surface area (Å²) in [6.07, 6.45) is 6.39. The van der Waals surface area contributed by atoms with Gasteiger partial charge in [-0.2, -0.15) is 0 Å². The molecule has 1 saturated carbocycles. The number of sulfonamides is 1. The lowest BCUT2D eigenvalue weighted by atomic mass is 9.94. The number of hydrogen-bond donors (Lipinski definition) is 2. The SMILES string of the molecule is CC1CN(S(=O)(=O)c2ccc(CCN)cc2)C(=N)N1C1CCCCC1. The van der Waals surface area contributed by atoms with E-state index >= 15 is 0 Å². The molecule has 1 aliphatic carbocycles. The lowest BCUT2D eigenvalue weighted by Gasteiger charge is -2.34. The molecule has 1 saturated heterocycles. The molecule has 1 aromatic rings. The Kier molecular flexibility index (Phi) is 5.34. The maximum Gasteiger partial charge on any atom is 0.266 e. The number of nitrogens with two attached hydrogens (primary N) is 1. The molecule has 138 valence electrons. The van der Waals surface area contributed by atoms with Crippen molar-refractivity contribution in [3.05, 3.63) is 29.8 Å². The van der Waals surface area contributed by atoms with Gasteiger partial charge in [0.25, 0.3) is 10.0 Å². The van der Waals surface area contributed by atoms with Gasteiger partial charge >= 0.3 is 0 Å². The topological polar surface area (TPSA) is 90.5 Å². The lowest BCUT2D eigenvalue weighted by molar-refractivity contribution is 0.219. The van der Waals surface area contributed by atoms with E-state index in [1.54, 1.807) is 12.1 Å². The fourth-order valence-electron chi connectivity index (χ4n) is 3.98. The highest BCUT2D eigenvalue weighted by Gasteiger charge is 2.42. The molecule has 2 fully saturated rings. The van der Waals surface area contributed by atoms with Crippen LogP contribution in [0.25, 0.3) is 0 Å². The van der Waals surface area contributed by atoms with Crippen LogP contribution in [0.3, 0.4) is 0 Å². The van der Waals surface area contributed by atoms with Gasteiger partial charge in [0, 0.05) is 12.1 Å². The molecule has 1 atom stereocenters. The third kappa shape index (κ3) is 3.53. The number of nitrogens with zero attached hydrogens (tertiary/aromatic N) is 2. The molecule has 25 heavy (non-hydrogen) atoms. The van der Waals surface area contributed by atoms with Crippen LogP contribution < -0.4 is 5.73 Å². The van der Waals surface area contributed by atoms with E-state index < -0.39 is 10.0 Å². The zero-order valence-corrected chi connectivity index (χ0v) is 15.6. The summed E-state index contributed by atoms with van der Waals surface area (Å²) in [7, 11) is -3.69. The molecule has 1 aromatic carbocycles. The molecule has 0 spiro atoms. The largest absolute Gasteiger partial charge is 0.335 e. The van der Waals surface area contributed by atoms with Gasteiger partial charge in [0.15, 0.2) is 0 Å². The molecule has 3 rings (SSSR count). The molecule has 0 amide bonds. The van der Waals surface area contributed by atoms with Crippen LogP contribution in [-0.2, 0) is 16.4 Å². The first-order valence-electron chi connectivity index (χ1n) is 9.14. The zero-order valence-electron chi connectivity index (χ0n) is 14.8. The smallest absolute Gasteiger partial charge is 0.266 e. The predicted octanol–water partition coefficient (Wildman–Crippen LogP) is 2.15. The Labute approximate surface area is 150 Å². The van der Waals surface area contributed by atoms with Crippen LogP contribution >= 0.6 is 0 Å². The second-order valence-corrected chi connectivity index (χ2v) is 8.95. The van der Waals surface area contributed by atoms with E-state index in [0.29, 0.717) is 19.1 Å². The molecule has 6 nitrogen and oxygen atoms in total. The van der Waals surface area contributed by atoms with Gasteiger partial charge < -0.3 is 10.6 Å². The Morgan fingerprint density at radius 1 is 1.16 bits per heavy atom. The number of nitrogens with one attached hydrogen (secondary N) is 1. The van der Waals surface area contributed by atoms with E-state index in [9.17, 15) is 8.42 Å². The zero-order chi connectivity index (χ0) is 18.0. The monoisotopic (exact) mass is 364 g/mol. The van der Waals surface area contributed by atoms with Gasteiger partial charge in [0.1, 0.15) is 0 Å². The normalized spacial score (nSPS) is 22.6. The number of hydrogen-bond acceptors (Lipinski definition) is 4. The Hall–Kier alpha value is -1.60. The maximum absolute atomic E-state index is 13.0. The Morgan fingerprint density at radius 3 is 2.40 bits per heavy atom. The van der Waals surface area contributed by atoms with Crippen LogP contribution in [0.5, 0.6) is 0 Å². The summed E-state index contributed by atoms with van der Waals surface area (Å²) < 4.78 is 27.3. The van der Waals surface area contributed by atoms with Crippen molar-refractivity contribution in [3.63, 3.8) is 0 Å². The number of guanidine groups is 1. The van der Waals surface area contributed by atoms with E-state index in [4.69, 9.17) is 11.1 Å². The molecule has 1 aliphatic heterocycles. The van der Waals surface area contributed by atoms with Crippen molar-refractivity contribution in [2.75, 3.05) is 13.1 Å². The van der Waals surface area contributed by atoms with Gasteiger partial charge in [-0.15, -0.1) is 0 Å². The molecule has 0 aromatic heterocycles. The summed E-state index contributed by atoms with van der Waals surface area (Å²) in [6.45, 7) is 2.90. The van der Waals surface area contributed by atoms with Gasteiger partial charge in [-0.25, -0.2) is 12.7 Å². The van der Waals surface area contributed by atoms with Crippen LogP contribution in [0, 0.1) is 5.41 Å².